The summed E-state index contributed by atoms with van der Waals surface area (Å²) in [6.07, 6.45) is 0. The molecule has 7 heteroatoms. The highest BCUT2D eigenvalue weighted by Crippen LogP contribution is 2.26. The lowest BCUT2D eigenvalue weighted by Gasteiger charge is -1.96. The van der Waals surface area contributed by atoms with Crippen molar-refractivity contribution in [2.75, 3.05) is 5.73 Å². The van der Waals surface area contributed by atoms with Crippen LogP contribution in [-0.4, -0.2) is 9.85 Å². The number of nitro benzene ring substituents is 2. The Kier molecular flexibility index (Phi) is 5.16. The maximum atomic E-state index is 10.4. The van der Waals surface area contributed by atoms with Crippen molar-refractivity contribution in [2.24, 2.45) is 0 Å². The molecular formula is C13H13N3O4. The van der Waals surface area contributed by atoms with Crippen LogP contribution in [0.4, 0.5) is 17.1 Å². The number of hydrogen-bond acceptors (Lipinski definition) is 5. The smallest absolute Gasteiger partial charge is 0.279 e. The second-order valence-corrected chi connectivity index (χ2v) is 3.85. The molecule has 0 aliphatic heterocycles. The van der Waals surface area contributed by atoms with E-state index in [-0.39, 0.29) is 16.9 Å². The first-order valence-corrected chi connectivity index (χ1v) is 5.62. The summed E-state index contributed by atoms with van der Waals surface area (Å²) in [5.41, 5.74) is 5.81. The molecule has 0 saturated carbocycles. The molecule has 0 atom stereocenters. The summed E-state index contributed by atoms with van der Waals surface area (Å²) in [7, 11) is 0. The van der Waals surface area contributed by atoms with Crippen LogP contribution < -0.4 is 5.73 Å². The summed E-state index contributed by atoms with van der Waals surface area (Å²) in [6, 6.07) is 13.3. The summed E-state index contributed by atoms with van der Waals surface area (Å²) in [6.45, 7) is 1.36. The van der Waals surface area contributed by atoms with E-state index in [0.29, 0.717) is 0 Å². The molecule has 104 valence electrons. The molecule has 2 aromatic rings. The molecule has 7 nitrogen and oxygen atoms in total. The fourth-order valence-electron chi connectivity index (χ4n) is 1.46. The summed E-state index contributed by atoms with van der Waals surface area (Å²) < 4.78 is 0. The summed E-state index contributed by atoms with van der Waals surface area (Å²) in [4.78, 5) is 19.5. The van der Waals surface area contributed by atoms with Crippen LogP contribution in [0.5, 0.6) is 0 Å². The topological polar surface area (TPSA) is 112 Å². The molecule has 0 saturated heterocycles. The van der Waals surface area contributed by atoms with Crippen LogP contribution in [0.1, 0.15) is 5.56 Å². The standard InChI is InChI=1S/C7H6N2O4.C6H7N/c1-5-6(8(10)11)3-2-4-7(5)9(12)13;7-6-4-2-1-3-5-6/h2-4H,1H3;1-5H,7H2. The van der Waals surface area contributed by atoms with Crippen molar-refractivity contribution in [3.63, 3.8) is 0 Å². The van der Waals surface area contributed by atoms with Crippen molar-refractivity contribution in [1.29, 1.82) is 0 Å². The molecule has 2 rings (SSSR count). The van der Waals surface area contributed by atoms with Crippen LogP contribution in [0.2, 0.25) is 0 Å². The van der Waals surface area contributed by atoms with Crippen LogP contribution in [0.3, 0.4) is 0 Å². The monoisotopic (exact) mass is 275 g/mol. The summed E-state index contributed by atoms with van der Waals surface area (Å²) in [5, 5.41) is 20.8. The Morgan fingerprint density at radius 3 is 1.60 bits per heavy atom. The van der Waals surface area contributed by atoms with Crippen LogP contribution in [0.25, 0.3) is 0 Å². The Bertz CT molecular complexity index is 582. The van der Waals surface area contributed by atoms with E-state index in [2.05, 4.69) is 0 Å². The molecule has 0 radical (unpaired) electrons. The number of benzene rings is 2. The maximum Gasteiger partial charge on any atom is 0.279 e. The van der Waals surface area contributed by atoms with Gasteiger partial charge in [-0.25, -0.2) is 0 Å². The van der Waals surface area contributed by atoms with Crippen molar-refractivity contribution in [3.05, 3.63) is 74.3 Å². The van der Waals surface area contributed by atoms with Crippen LogP contribution in [0, 0.1) is 27.2 Å². The molecular weight excluding hydrogens is 262 g/mol. The van der Waals surface area contributed by atoms with Gasteiger partial charge in [0.25, 0.3) is 11.4 Å². The van der Waals surface area contributed by atoms with Crippen LogP contribution in [0.15, 0.2) is 48.5 Å². The van der Waals surface area contributed by atoms with E-state index < -0.39 is 9.85 Å². The maximum absolute atomic E-state index is 10.4. The SMILES string of the molecule is Cc1c([N+](=O)[O-])cccc1[N+](=O)[O-].Nc1ccccc1. The van der Waals surface area contributed by atoms with Gasteiger partial charge in [-0.1, -0.05) is 18.2 Å². The Morgan fingerprint density at radius 1 is 0.850 bits per heavy atom. The zero-order chi connectivity index (χ0) is 15.1. The molecule has 0 unspecified atom stereocenters. The van der Waals surface area contributed by atoms with Crippen LogP contribution in [-0.2, 0) is 0 Å². The number of nitrogens with zero attached hydrogens (tertiary/aromatic N) is 2. The number of nitrogens with two attached hydrogens (primary N) is 1. The van der Waals surface area contributed by atoms with Gasteiger partial charge in [0.05, 0.1) is 9.85 Å². The molecule has 0 spiro atoms. The van der Waals surface area contributed by atoms with Gasteiger partial charge in [-0.15, -0.1) is 0 Å². The molecule has 0 amide bonds. The Morgan fingerprint density at radius 2 is 1.30 bits per heavy atom. The van der Waals surface area contributed by atoms with E-state index in [1.807, 2.05) is 30.3 Å². The van der Waals surface area contributed by atoms with Gasteiger partial charge in [-0.05, 0) is 25.1 Å². The van der Waals surface area contributed by atoms with Crippen molar-refractivity contribution in [3.8, 4) is 0 Å². The predicted octanol–water partition coefficient (Wildman–Crippen LogP) is 3.08. The van der Waals surface area contributed by atoms with Gasteiger partial charge in [0.15, 0.2) is 0 Å². The summed E-state index contributed by atoms with van der Waals surface area (Å²) in [5.74, 6) is 0. The number of nitrogen functional groups attached to an aromatic ring is 1. The third-order valence-electron chi connectivity index (χ3n) is 2.47. The van der Waals surface area contributed by atoms with E-state index in [1.165, 1.54) is 25.1 Å². The van der Waals surface area contributed by atoms with Gasteiger partial charge in [0, 0.05) is 17.8 Å². The van der Waals surface area contributed by atoms with Gasteiger partial charge >= 0.3 is 0 Å². The fourth-order valence-corrected chi connectivity index (χ4v) is 1.46. The van der Waals surface area contributed by atoms with E-state index in [4.69, 9.17) is 5.73 Å². The fraction of sp³-hybridized carbons (Fsp3) is 0.0769. The first kappa shape index (κ1) is 15.1. The first-order valence-electron chi connectivity index (χ1n) is 5.62. The second-order valence-electron chi connectivity index (χ2n) is 3.85. The van der Waals surface area contributed by atoms with E-state index in [0.717, 1.165) is 5.69 Å². The number of para-hydroxylation sites is 1. The van der Waals surface area contributed by atoms with E-state index in [9.17, 15) is 20.2 Å². The lowest BCUT2D eigenvalue weighted by atomic mass is 10.1. The van der Waals surface area contributed by atoms with Crippen molar-refractivity contribution in [2.45, 2.75) is 6.92 Å². The third-order valence-corrected chi connectivity index (χ3v) is 2.47. The number of anilines is 1. The Hall–Kier alpha value is -2.96. The Labute approximate surface area is 115 Å². The molecule has 2 N–H and O–H groups in total. The Balaban J connectivity index is 0.000000240. The largest absolute Gasteiger partial charge is 0.399 e. The quantitative estimate of drug-likeness (QED) is 0.514. The lowest BCUT2D eigenvalue weighted by molar-refractivity contribution is -0.395. The number of rotatable bonds is 2. The molecule has 0 aliphatic carbocycles. The zero-order valence-electron chi connectivity index (χ0n) is 10.7. The minimum Gasteiger partial charge on any atom is -0.399 e. The highest BCUT2D eigenvalue weighted by molar-refractivity contribution is 5.52. The van der Waals surface area contributed by atoms with Crippen molar-refractivity contribution < 1.29 is 9.85 Å². The molecule has 2 aromatic carbocycles. The zero-order valence-corrected chi connectivity index (χ0v) is 10.7. The van der Waals surface area contributed by atoms with Gasteiger partial charge in [-0.2, -0.15) is 0 Å². The molecule has 20 heavy (non-hydrogen) atoms. The van der Waals surface area contributed by atoms with Crippen molar-refractivity contribution in [1.82, 2.24) is 0 Å². The normalized spacial score (nSPS) is 9.25. The lowest BCUT2D eigenvalue weighted by Crippen LogP contribution is -1.96. The van der Waals surface area contributed by atoms with Gasteiger partial charge in [0.2, 0.25) is 0 Å². The molecule has 0 bridgehead atoms. The molecule has 0 aliphatic rings. The third kappa shape index (κ3) is 4.05. The number of hydrogen-bond donors (Lipinski definition) is 1. The highest BCUT2D eigenvalue weighted by atomic mass is 16.6. The van der Waals surface area contributed by atoms with Crippen molar-refractivity contribution >= 4 is 17.1 Å². The van der Waals surface area contributed by atoms with Gasteiger partial charge in [-0.3, -0.25) is 20.2 Å². The van der Waals surface area contributed by atoms with Gasteiger partial charge in [0.1, 0.15) is 5.56 Å². The van der Waals surface area contributed by atoms with Gasteiger partial charge < -0.3 is 5.73 Å². The minimum atomic E-state index is -0.637. The van der Waals surface area contributed by atoms with E-state index in [1.54, 1.807) is 0 Å². The van der Waals surface area contributed by atoms with E-state index >= 15 is 0 Å². The summed E-state index contributed by atoms with van der Waals surface area (Å²) >= 11 is 0. The van der Waals surface area contributed by atoms with Crippen LogP contribution >= 0.6 is 0 Å². The average Bonchev–Trinajstić information content (AvgIpc) is 2.40. The molecule has 0 fully saturated rings. The second kappa shape index (κ2) is 6.83. The molecule has 0 heterocycles. The highest BCUT2D eigenvalue weighted by Gasteiger charge is 2.19. The average molecular weight is 275 g/mol. The predicted molar refractivity (Wildman–Crippen MR) is 75.3 cm³/mol. The first-order chi connectivity index (χ1) is 9.43. The number of nitro groups is 2. The minimum absolute atomic E-state index is 0.0810. The molecule has 0 aromatic heterocycles.